The van der Waals surface area contributed by atoms with Crippen LogP contribution in [-0.2, 0) is 6.42 Å². The van der Waals surface area contributed by atoms with Gasteiger partial charge in [-0.25, -0.2) is 0 Å². The van der Waals surface area contributed by atoms with Crippen molar-refractivity contribution in [3.05, 3.63) is 29.8 Å². The molecule has 2 heteroatoms. The largest absolute Gasteiger partial charge is 0.399 e. The molecule has 90 valence electrons. The maximum absolute atomic E-state index is 5.77. The van der Waals surface area contributed by atoms with Crippen molar-refractivity contribution in [3.8, 4) is 12.3 Å². The Balaban J connectivity index is 1.83. The Bertz CT molecular complexity index is 402. The molecule has 0 aromatic heterocycles. The van der Waals surface area contributed by atoms with E-state index >= 15 is 0 Å². The van der Waals surface area contributed by atoms with Crippen molar-refractivity contribution in [2.45, 2.75) is 19.3 Å². The maximum Gasteiger partial charge on any atom is 0.0599 e. The molecule has 1 aliphatic carbocycles. The monoisotopic (exact) mass is 228 g/mol. The van der Waals surface area contributed by atoms with Crippen LogP contribution in [0.4, 0.5) is 5.69 Å². The molecule has 0 unspecified atom stereocenters. The minimum atomic E-state index is 0.763. The fourth-order valence-electron chi connectivity index (χ4n) is 2.07. The fraction of sp³-hybridized carbons (Fsp3) is 0.467. The minimum absolute atomic E-state index is 0.763. The lowest BCUT2D eigenvalue weighted by molar-refractivity contribution is 0.298. The Labute approximate surface area is 104 Å². The van der Waals surface area contributed by atoms with Crippen molar-refractivity contribution >= 4 is 5.69 Å². The van der Waals surface area contributed by atoms with Crippen molar-refractivity contribution < 1.29 is 0 Å². The van der Waals surface area contributed by atoms with Gasteiger partial charge in [-0.3, -0.25) is 4.90 Å². The van der Waals surface area contributed by atoms with Crippen LogP contribution < -0.4 is 5.73 Å². The Hall–Kier alpha value is -1.46. The van der Waals surface area contributed by atoms with Crippen LogP contribution >= 0.6 is 0 Å². The van der Waals surface area contributed by atoms with Gasteiger partial charge in [0.15, 0.2) is 0 Å². The van der Waals surface area contributed by atoms with E-state index in [0.29, 0.717) is 0 Å². The van der Waals surface area contributed by atoms with Gasteiger partial charge in [0.25, 0.3) is 0 Å². The predicted molar refractivity (Wildman–Crippen MR) is 72.6 cm³/mol. The van der Waals surface area contributed by atoms with Crippen LogP contribution in [-0.4, -0.2) is 24.5 Å². The molecule has 17 heavy (non-hydrogen) atoms. The standard InChI is InChI=1S/C15H20N2/c1-2-9-17(12-14-6-7-14)10-8-13-4-3-5-15(16)11-13/h1,3-5,11,14H,6-10,12,16H2. The zero-order valence-electron chi connectivity index (χ0n) is 10.2. The normalized spacial score (nSPS) is 14.8. The van der Waals surface area contributed by atoms with Crippen LogP contribution in [0.5, 0.6) is 0 Å². The average Bonchev–Trinajstić information content (AvgIpc) is 3.10. The fourth-order valence-corrected chi connectivity index (χ4v) is 2.07. The Kier molecular flexibility index (Phi) is 4.06. The number of hydrogen-bond donors (Lipinski definition) is 1. The number of anilines is 1. The van der Waals surface area contributed by atoms with E-state index in [4.69, 9.17) is 12.2 Å². The van der Waals surface area contributed by atoms with E-state index in [-0.39, 0.29) is 0 Å². The highest BCUT2D eigenvalue weighted by Gasteiger charge is 2.23. The first-order valence-electron chi connectivity index (χ1n) is 6.28. The van der Waals surface area contributed by atoms with E-state index in [1.807, 2.05) is 18.2 Å². The number of benzene rings is 1. The van der Waals surface area contributed by atoms with Crippen molar-refractivity contribution in [2.24, 2.45) is 5.92 Å². The summed E-state index contributed by atoms with van der Waals surface area (Å²) in [5.74, 6) is 3.64. The van der Waals surface area contributed by atoms with Crippen LogP contribution in [0.15, 0.2) is 24.3 Å². The third-order valence-electron chi connectivity index (χ3n) is 3.20. The van der Waals surface area contributed by atoms with E-state index < -0.39 is 0 Å². The summed E-state index contributed by atoms with van der Waals surface area (Å²) in [6, 6.07) is 8.11. The molecule has 0 saturated heterocycles. The summed E-state index contributed by atoms with van der Waals surface area (Å²) in [7, 11) is 0. The summed E-state index contributed by atoms with van der Waals surface area (Å²) in [6.07, 6.45) is 9.18. The molecule has 2 N–H and O–H groups in total. The minimum Gasteiger partial charge on any atom is -0.399 e. The van der Waals surface area contributed by atoms with E-state index in [1.54, 1.807) is 0 Å². The molecule has 0 aliphatic heterocycles. The van der Waals surface area contributed by atoms with Crippen molar-refractivity contribution in [1.82, 2.24) is 4.90 Å². The van der Waals surface area contributed by atoms with Gasteiger partial charge in [-0.2, -0.15) is 0 Å². The Morgan fingerprint density at radius 1 is 1.41 bits per heavy atom. The Morgan fingerprint density at radius 3 is 2.88 bits per heavy atom. The number of hydrogen-bond acceptors (Lipinski definition) is 2. The summed E-state index contributed by atoms with van der Waals surface area (Å²) in [5.41, 5.74) is 7.90. The predicted octanol–water partition coefficient (Wildman–Crippen LogP) is 2.16. The first-order valence-corrected chi connectivity index (χ1v) is 6.28. The summed E-state index contributed by atoms with van der Waals surface area (Å²) >= 11 is 0. The summed E-state index contributed by atoms with van der Waals surface area (Å²) in [6.45, 7) is 2.95. The molecule has 0 atom stereocenters. The molecule has 1 saturated carbocycles. The van der Waals surface area contributed by atoms with Crippen LogP contribution in [0, 0.1) is 18.3 Å². The molecule has 1 aromatic carbocycles. The van der Waals surface area contributed by atoms with Gasteiger partial charge in [-0.1, -0.05) is 18.1 Å². The van der Waals surface area contributed by atoms with E-state index in [0.717, 1.165) is 37.7 Å². The van der Waals surface area contributed by atoms with Gasteiger partial charge in [0, 0.05) is 18.8 Å². The van der Waals surface area contributed by atoms with Crippen molar-refractivity contribution in [2.75, 3.05) is 25.4 Å². The van der Waals surface area contributed by atoms with Gasteiger partial charge in [0.1, 0.15) is 0 Å². The SMILES string of the molecule is C#CCN(CCc1cccc(N)c1)CC1CC1. The third-order valence-corrected chi connectivity index (χ3v) is 3.20. The highest BCUT2D eigenvalue weighted by molar-refractivity contribution is 5.40. The van der Waals surface area contributed by atoms with Crippen LogP contribution in [0.25, 0.3) is 0 Å². The van der Waals surface area contributed by atoms with Crippen LogP contribution in [0.2, 0.25) is 0 Å². The highest BCUT2D eigenvalue weighted by Crippen LogP contribution is 2.29. The number of nitrogens with zero attached hydrogens (tertiary/aromatic N) is 1. The molecular weight excluding hydrogens is 208 g/mol. The molecule has 2 rings (SSSR count). The topological polar surface area (TPSA) is 29.3 Å². The molecule has 0 amide bonds. The lowest BCUT2D eigenvalue weighted by atomic mass is 10.1. The Morgan fingerprint density at radius 2 is 2.24 bits per heavy atom. The highest BCUT2D eigenvalue weighted by atomic mass is 15.1. The van der Waals surface area contributed by atoms with Gasteiger partial charge in [0.2, 0.25) is 0 Å². The number of nitrogens with two attached hydrogens (primary N) is 1. The zero-order valence-corrected chi connectivity index (χ0v) is 10.2. The first-order chi connectivity index (χ1) is 8.28. The van der Waals surface area contributed by atoms with E-state index in [1.165, 1.54) is 18.4 Å². The average molecular weight is 228 g/mol. The molecule has 1 aromatic rings. The third kappa shape index (κ3) is 4.13. The molecule has 0 spiro atoms. The van der Waals surface area contributed by atoms with Crippen LogP contribution in [0.1, 0.15) is 18.4 Å². The van der Waals surface area contributed by atoms with Crippen molar-refractivity contribution in [3.63, 3.8) is 0 Å². The van der Waals surface area contributed by atoms with Gasteiger partial charge in [0.05, 0.1) is 6.54 Å². The van der Waals surface area contributed by atoms with Gasteiger partial charge in [-0.15, -0.1) is 6.42 Å². The van der Waals surface area contributed by atoms with Gasteiger partial charge >= 0.3 is 0 Å². The number of terminal acetylenes is 1. The number of nitrogen functional groups attached to an aromatic ring is 1. The van der Waals surface area contributed by atoms with Gasteiger partial charge < -0.3 is 5.73 Å². The summed E-state index contributed by atoms with van der Waals surface area (Å²) in [5, 5.41) is 0. The zero-order chi connectivity index (χ0) is 12.1. The molecule has 0 bridgehead atoms. The second-order valence-corrected chi connectivity index (χ2v) is 4.88. The van der Waals surface area contributed by atoms with E-state index in [9.17, 15) is 0 Å². The lowest BCUT2D eigenvalue weighted by Gasteiger charge is -2.19. The van der Waals surface area contributed by atoms with Crippen molar-refractivity contribution in [1.29, 1.82) is 0 Å². The smallest absolute Gasteiger partial charge is 0.0599 e. The summed E-state index contributed by atoms with van der Waals surface area (Å²) in [4.78, 5) is 2.38. The quantitative estimate of drug-likeness (QED) is 0.597. The number of rotatable bonds is 6. The van der Waals surface area contributed by atoms with Gasteiger partial charge in [-0.05, 0) is 42.9 Å². The molecule has 2 nitrogen and oxygen atoms in total. The lowest BCUT2D eigenvalue weighted by Crippen LogP contribution is -2.28. The molecular formula is C15H20N2. The summed E-state index contributed by atoms with van der Waals surface area (Å²) < 4.78 is 0. The second kappa shape index (κ2) is 5.75. The molecule has 1 fully saturated rings. The molecule has 1 aliphatic rings. The first kappa shape index (κ1) is 12.0. The maximum atomic E-state index is 5.77. The molecule has 0 radical (unpaired) electrons. The van der Waals surface area contributed by atoms with Crippen LogP contribution in [0.3, 0.4) is 0 Å². The molecule has 0 heterocycles. The van der Waals surface area contributed by atoms with E-state index in [2.05, 4.69) is 16.9 Å². The second-order valence-electron chi connectivity index (χ2n) is 4.88.